The standard InChI is InChI=1S/C17H15Cl2N3O2/c18-11-6-13(17(20)21)12(14(19)7-11)8-16(24)22-15(9-23)10-4-2-1-3-5-10/h1-7,9,15H,8H2,(H3,20,21)(H,22,24). The Morgan fingerprint density at radius 3 is 2.50 bits per heavy atom. The summed E-state index contributed by atoms with van der Waals surface area (Å²) in [5.74, 6) is -0.653. The van der Waals surface area contributed by atoms with Gasteiger partial charge in [-0.1, -0.05) is 53.5 Å². The number of hydrogen-bond acceptors (Lipinski definition) is 3. The maximum absolute atomic E-state index is 12.3. The van der Waals surface area contributed by atoms with Gasteiger partial charge in [0.15, 0.2) is 0 Å². The van der Waals surface area contributed by atoms with E-state index in [-0.39, 0.29) is 17.3 Å². The maximum atomic E-state index is 12.3. The number of nitrogen functional groups attached to an aromatic ring is 1. The Morgan fingerprint density at radius 2 is 1.92 bits per heavy atom. The molecule has 24 heavy (non-hydrogen) atoms. The summed E-state index contributed by atoms with van der Waals surface area (Å²) in [6.45, 7) is 0. The largest absolute Gasteiger partial charge is 0.384 e. The van der Waals surface area contributed by atoms with Gasteiger partial charge in [-0.05, 0) is 23.3 Å². The van der Waals surface area contributed by atoms with Gasteiger partial charge in [-0.15, -0.1) is 0 Å². The molecule has 0 spiro atoms. The van der Waals surface area contributed by atoms with Crippen molar-refractivity contribution < 1.29 is 9.59 Å². The number of carbonyl (C=O) groups excluding carboxylic acids is 2. The maximum Gasteiger partial charge on any atom is 0.225 e. The summed E-state index contributed by atoms with van der Waals surface area (Å²) in [5, 5.41) is 10.8. The molecule has 7 heteroatoms. The van der Waals surface area contributed by atoms with Crippen molar-refractivity contribution >= 4 is 41.2 Å². The Labute approximate surface area is 149 Å². The van der Waals surface area contributed by atoms with Gasteiger partial charge in [-0.25, -0.2) is 0 Å². The highest BCUT2D eigenvalue weighted by Gasteiger charge is 2.18. The molecular formula is C17H15Cl2N3O2. The number of nitrogens with one attached hydrogen (secondary N) is 2. The Balaban J connectivity index is 2.21. The van der Waals surface area contributed by atoms with Crippen molar-refractivity contribution in [1.82, 2.24) is 5.32 Å². The third-order valence-corrected chi connectivity index (χ3v) is 3.95. The highest BCUT2D eigenvalue weighted by atomic mass is 35.5. The Morgan fingerprint density at radius 1 is 1.25 bits per heavy atom. The first-order chi connectivity index (χ1) is 11.4. The van der Waals surface area contributed by atoms with E-state index < -0.39 is 11.9 Å². The monoisotopic (exact) mass is 363 g/mol. The Kier molecular flexibility index (Phi) is 5.95. The highest BCUT2D eigenvalue weighted by Crippen LogP contribution is 2.26. The predicted molar refractivity (Wildman–Crippen MR) is 94.6 cm³/mol. The molecule has 5 nitrogen and oxygen atoms in total. The normalized spacial score (nSPS) is 11.6. The smallest absolute Gasteiger partial charge is 0.225 e. The summed E-state index contributed by atoms with van der Waals surface area (Å²) in [6, 6.07) is 11.1. The van der Waals surface area contributed by atoms with Crippen LogP contribution in [0.3, 0.4) is 0 Å². The zero-order valence-corrected chi connectivity index (χ0v) is 14.1. The fourth-order valence-corrected chi connectivity index (χ4v) is 2.83. The van der Waals surface area contributed by atoms with Crippen LogP contribution in [0.25, 0.3) is 0 Å². The van der Waals surface area contributed by atoms with Crippen LogP contribution in [0.2, 0.25) is 10.0 Å². The van der Waals surface area contributed by atoms with Crippen LogP contribution in [0, 0.1) is 5.41 Å². The average molecular weight is 364 g/mol. The molecule has 0 aromatic heterocycles. The molecule has 0 bridgehead atoms. The quantitative estimate of drug-likeness (QED) is 0.418. The number of amides is 1. The van der Waals surface area contributed by atoms with E-state index in [1.54, 1.807) is 24.3 Å². The van der Waals surface area contributed by atoms with Crippen molar-refractivity contribution in [2.24, 2.45) is 5.73 Å². The lowest BCUT2D eigenvalue weighted by Crippen LogP contribution is -2.31. The van der Waals surface area contributed by atoms with E-state index in [1.165, 1.54) is 12.1 Å². The molecule has 0 aliphatic rings. The van der Waals surface area contributed by atoms with E-state index in [4.69, 9.17) is 34.3 Å². The van der Waals surface area contributed by atoms with Crippen molar-refractivity contribution in [3.63, 3.8) is 0 Å². The van der Waals surface area contributed by atoms with Gasteiger partial charge in [0.1, 0.15) is 18.2 Å². The van der Waals surface area contributed by atoms with Crippen molar-refractivity contribution in [3.8, 4) is 0 Å². The number of benzene rings is 2. The summed E-state index contributed by atoms with van der Waals surface area (Å²) >= 11 is 12.0. The van der Waals surface area contributed by atoms with Gasteiger partial charge in [0.25, 0.3) is 0 Å². The topological polar surface area (TPSA) is 96.0 Å². The molecule has 0 radical (unpaired) electrons. The molecule has 2 aromatic rings. The van der Waals surface area contributed by atoms with Crippen LogP contribution < -0.4 is 11.1 Å². The second kappa shape index (κ2) is 7.95. The van der Waals surface area contributed by atoms with Crippen molar-refractivity contribution in [1.29, 1.82) is 5.41 Å². The van der Waals surface area contributed by atoms with E-state index >= 15 is 0 Å². The van der Waals surface area contributed by atoms with Gasteiger partial charge in [0.05, 0.1) is 6.42 Å². The van der Waals surface area contributed by atoms with Gasteiger partial charge in [-0.2, -0.15) is 0 Å². The van der Waals surface area contributed by atoms with Crippen LogP contribution in [-0.4, -0.2) is 18.0 Å². The van der Waals surface area contributed by atoms with Crippen LogP contribution in [-0.2, 0) is 16.0 Å². The minimum absolute atomic E-state index is 0.123. The van der Waals surface area contributed by atoms with E-state index in [0.717, 1.165) is 0 Å². The van der Waals surface area contributed by atoms with Crippen LogP contribution in [0.4, 0.5) is 0 Å². The second-order valence-electron chi connectivity index (χ2n) is 5.10. The zero-order chi connectivity index (χ0) is 17.7. The van der Waals surface area contributed by atoms with Gasteiger partial charge in [0, 0.05) is 15.6 Å². The number of rotatable bonds is 6. The number of carbonyl (C=O) groups is 2. The molecule has 1 amide bonds. The van der Waals surface area contributed by atoms with E-state index in [0.29, 0.717) is 28.0 Å². The molecule has 0 saturated heterocycles. The molecule has 0 fully saturated rings. The minimum Gasteiger partial charge on any atom is -0.384 e. The van der Waals surface area contributed by atoms with Crippen LogP contribution in [0.1, 0.15) is 22.7 Å². The van der Waals surface area contributed by atoms with Crippen LogP contribution in [0.5, 0.6) is 0 Å². The van der Waals surface area contributed by atoms with E-state index in [2.05, 4.69) is 5.32 Å². The molecular weight excluding hydrogens is 349 g/mol. The molecule has 0 heterocycles. The number of hydrogen-bond donors (Lipinski definition) is 3. The second-order valence-corrected chi connectivity index (χ2v) is 5.94. The first kappa shape index (κ1) is 18.0. The van der Waals surface area contributed by atoms with Gasteiger partial charge >= 0.3 is 0 Å². The fourth-order valence-electron chi connectivity index (χ4n) is 2.26. The lowest BCUT2D eigenvalue weighted by molar-refractivity contribution is -0.123. The molecule has 2 aromatic carbocycles. The number of aldehydes is 1. The molecule has 0 aliphatic heterocycles. The van der Waals surface area contributed by atoms with E-state index in [1.807, 2.05) is 6.07 Å². The summed E-state index contributed by atoms with van der Waals surface area (Å²) in [4.78, 5) is 23.6. The SMILES string of the molecule is N=C(N)c1cc(Cl)cc(Cl)c1CC(=O)NC(C=O)c1ccccc1. The van der Waals surface area contributed by atoms with Crippen molar-refractivity contribution in [3.05, 3.63) is 69.2 Å². The average Bonchev–Trinajstić information content (AvgIpc) is 2.55. The van der Waals surface area contributed by atoms with Crippen molar-refractivity contribution in [2.75, 3.05) is 0 Å². The predicted octanol–water partition coefficient (Wildman–Crippen LogP) is 2.88. The molecule has 1 atom stereocenters. The molecule has 0 saturated carbocycles. The molecule has 2 rings (SSSR count). The highest BCUT2D eigenvalue weighted by molar-refractivity contribution is 6.36. The molecule has 1 unspecified atom stereocenters. The summed E-state index contributed by atoms with van der Waals surface area (Å²) in [5.41, 5.74) is 6.89. The van der Waals surface area contributed by atoms with Gasteiger partial charge in [-0.3, -0.25) is 10.2 Å². The van der Waals surface area contributed by atoms with Crippen molar-refractivity contribution in [2.45, 2.75) is 12.5 Å². The molecule has 124 valence electrons. The third kappa shape index (κ3) is 4.34. The lowest BCUT2D eigenvalue weighted by Gasteiger charge is -2.15. The zero-order valence-electron chi connectivity index (χ0n) is 12.6. The fraction of sp³-hybridized carbons (Fsp3) is 0.118. The van der Waals surface area contributed by atoms with Gasteiger partial charge in [0.2, 0.25) is 5.91 Å². The Bertz CT molecular complexity index is 779. The first-order valence-electron chi connectivity index (χ1n) is 7.04. The third-order valence-electron chi connectivity index (χ3n) is 3.40. The summed E-state index contributed by atoms with van der Waals surface area (Å²) in [6.07, 6.45) is 0.532. The first-order valence-corrected chi connectivity index (χ1v) is 7.80. The minimum atomic E-state index is -0.759. The molecule has 4 N–H and O–H groups in total. The number of nitrogens with two attached hydrogens (primary N) is 1. The van der Waals surface area contributed by atoms with Crippen LogP contribution in [0.15, 0.2) is 42.5 Å². The van der Waals surface area contributed by atoms with Gasteiger partial charge < -0.3 is 15.8 Å². The number of halogens is 2. The van der Waals surface area contributed by atoms with Crippen LogP contribution >= 0.6 is 23.2 Å². The lowest BCUT2D eigenvalue weighted by atomic mass is 10.0. The summed E-state index contributed by atoms with van der Waals surface area (Å²) < 4.78 is 0. The van der Waals surface area contributed by atoms with E-state index in [9.17, 15) is 9.59 Å². The number of amidine groups is 1. The molecule has 0 aliphatic carbocycles. The Hall–Kier alpha value is -2.37. The summed E-state index contributed by atoms with van der Waals surface area (Å²) in [7, 11) is 0.